The topological polar surface area (TPSA) is 162 Å². The fourth-order valence-electron chi connectivity index (χ4n) is 2.61. The van der Waals surface area contributed by atoms with E-state index < -0.39 is 28.1 Å². The predicted molar refractivity (Wildman–Crippen MR) is 108 cm³/mol. The summed E-state index contributed by atoms with van der Waals surface area (Å²) in [6.07, 6.45) is 1.36. The second-order valence-electron chi connectivity index (χ2n) is 6.22. The number of nitrogens with two attached hydrogens (primary N) is 1. The van der Waals surface area contributed by atoms with E-state index in [0.29, 0.717) is 11.3 Å². The minimum Gasteiger partial charge on any atom is -0.480 e. The molecule has 11 heteroatoms. The highest BCUT2D eigenvalue weighted by Gasteiger charge is 2.25. The van der Waals surface area contributed by atoms with E-state index in [1.807, 2.05) is 0 Å². The van der Waals surface area contributed by atoms with Crippen LogP contribution in [0.2, 0.25) is 0 Å². The first-order valence-electron chi connectivity index (χ1n) is 8.51. The Hall–Kier alpha value is -3.70. The molecule has 0 bridgehead atoms. The first-order chi connectivity index (χ1) is 14.2. The number of nitro benzene ring substituents is 1. The van der Waals surface area contributed by atoms with Crippen LogP contribution in [0.5, 0.6) is 11.5 Å². The molecule has 1 atom stereocenters. The molecular weight excluding hydrogens is 414 g/mol. The number of nitro groups is 1. The number of carboxylic acids is 1. The van der Waals surface area contributed by atoms with Crippen molar-refractivity contribution >= 4 is 40.6 Å². The third kappa shape index (κ3) is 5.01. The molecule has 10 nitrogen and oxygen atoms in total. The van der Waals surface area contributed by atoms with Gasteiger partial charge in [-0.15, -0.1) is 0 Å². The van der Waals surface area contributed by atoms with Gasteiger partial charge < -0.3 is 15.6 Å². The van der Waals surface area contributed by atoms with Crippen molar-refractivity contribution < 1.29 is 29.2 Å². The molecule has 30 heavy (non-hydrogen) atoms. The molecule has 2 aromatic carbocycles. The molecule has 1 unspecified atom stereocenters. The van der Waals surface area contributed by atoms with Gasteiger partial charge >= 0.3 is 5.97 Å². The van der Waals surface area contributed by atoms with Crippen molar-refractivity contribution in [2.45, 2.75) is 12.5 Å². The molecule has 1 fully saturated rings. The van der Waals surface area contributed by atoms with Crippen molar-refractivity contribution in [1.29, 1.82) is 0 Å². The average molecular weight is 429 g/mol. The van der Waals surface area contributed by atoms with Crippen molar-refractivity contribution in [2.24, 2.45) is 5.73 Å². The van der Waals surface area contributed by atoms with Crippen LogP contribution in [0, 0.1) is 10.1 Å². The first-order valence-corrected chi connectivity index (χ1v) is 9.33. The Kier molecular flexibility index (Phi) is 6.14. The summed E-state index contributed by atoms with van der Waals surface area (Å²) in [5.41, 5.74) is 6.02. The lowest BCUT2D eigenvalue weighted by atomic mass is 10.0. The highest BCUT2D eigenvalue weighted by atomic mass is 32.2. The summed E-state index contributed by atoms with van der Waals surface area (Å²) in [4.78, 5) is 44.6. The summed E-state index contributed by atoms with van der Waals surface area (Å²) < 4.78 is 5.63. The number of carbonyl (C=O) groups is 3. The number of nitrogens with zero attached hydrogens (tertiary/aromatic N) is 1. The van der Waals surface area contributed by atoms with Crippen molar-refractivity contribution in [1.82, 2.24) is 5.32 Å². The van der Waals surface area contributed by atoms with Crippen LogP contribution in [0.4, 0.5) is 10.5 Å². The quantitative estimate of drug-likeness (QED) is 0.341. The Morgan fingerprint density at radius 2 is 1.90 bits per heavy atom. The lowest BCUT2D eigenvalue weighted by molar-refractivity contribution is -0.385. The number of hydrogen-bond donors (Lipinski definition) is 3. The molecule has 0 saturated carbocycles. The number of amides is 2. The molecule has 2 aromatic rings. The molecule has 1 aliphatic heterocycles. The largest absolute Gasteiger partial charge is 0.480 e. The van der Waals surface area contributed by atoms with E-state index in [1.54, 1.807) is 30.3 Å². The molecule has 0 aliphatic carbocycles. The summed E-state index contributed by atoms with van der Waals surface area (Å²) in [6, 6.07) is 9.36. The van der Waals surface area contributed by atoms with Gasteiger partial charge in [-0.3, -0.25) is 29.8 Å². The van der Waals surface area contributed by atoms with Gasteiger partial charge in [-0.1, -0.05) is 12.1 Å². The van der Waals surface area contributed by atoms with Gasteiger partial charge in [0.2, 0.25) is 0 Å². The highest BCUT2D eigenvalue weighted by Crippen LogP contribution is 2.30. The van der Waals surface area contributed by atoms with Crippen LogP contribution in [0.1, 0.15) is 11.1 Å². The number of nitrogens with one attached hydrogen (secondary N) is 1. The SMILES string of the molecule is NC(Cc1ccc(Oc2ccc(C=C3SC(=O)NC3=O)cc2)cc1[N+](=O)[O-])C(=O)O. The average Bonchev–Trinajstić information content (AvgIpc) is 3.01. The maximum Gasteiger partial charge on any atom is 0.320 e. The molecule has 3 rings (SSSR count). The minimum atomic E-state index is -1.26. The molecule has 154 valence electrons. The van der Waals surface area contributed by atoms with E-state index in [1.165, 1.54) is 18.2 Å². The van der Waals surface area contributed by atoms with E-state index in [4.69, 9.17) is 15.6 Å². The third-order valence-corrected chi connectivity index (χ3v) is 4.88. The predicted octanol–water partition coefficient (Wildman–Crippen LogP) is 2.67. The molecule has 0 spiro atoms. The van der Waals surface area contributed by atoms with E-state index in [9.17, 15) is 24.5 Å². The number of carbonyl (C=O) groups excluding carboxylic acids is 2. The summed E-state index contributed by atoms with van der Waals surface area (Å²) in [5, 5.41) is 22.0. The Morgan fingerprint density at radius 1 is 1.23 bits per heavy atom. The van der Waals surface area contributed by atoms with Crippen LogP contribution >= 0.6 is 11.8 Å². The van der Waals surface area contributed by atoms with Crippen molar-refractivity contribution in [2.75, 3.05) is 0 Å². The number of thioether (sulfide) groups is 1. The van der Waals surface area contributed by atoms with Crippen molar-refractivity contribution in [3.8, 4) is 11.5 Å². The fourth-order valence-corrected chi connectivity index (χ4v) is 3.30. The van der Waals surface area contributed by atoms with Crippen LogP contribution < -0.4 is 15.8 Å². The van der Waals surface area contributed by atoms with Crippen LogP contribution in [-0.4, -0.2) is 33.2 Å². The van der Waals surface area contributed by atoms with Gasteiger partial charge in [-0.05, 0) is 47.7 Å². The highest BCUT2D eigenvalue weighted by molar-refractivity contribution is 8.18. The standard InChI is InChI=1S/C19H15N3O7S/c20-14(18(24)25)8-11-3-6-13(9-15(11)22(27)28)29-12-4-1-10(2-5-12)7-16-17(23)21-19(26)30-16/h1-7,9,14H,8,20H2,(H,24,25)(H,21,23,26). The zero-order valence-corrected chi connectivity index (χ0v) is 16.0. The number of imide groups is 1. The minimum absolute atomic E-state index is 0.186. The van der Waals surface area contributed by atoms with Crippen LogP contribution in [0.3, 0.4) is 0 Å². The van der Waals surface area contributed by atoms with Gasteiger partial charge in [0.05, 0.1) is 15.9 Å². The molecule has 2 amide bonds. The van der Waals surface area contributed by atoms with Gasteiger partial charge in [-0.25, -0.2) is 0 Å². The molecule has 4 N–H and O–H groups in total. The Labute approximate surface area is 173 Å². The van der Waals surface area contributed by atoms with Crippen molar-refractivity contribution in [3.63, 3.8) is 0 Å². The van der Waals surface area contributed by atoms with Gasteiger partial charge in [0.1, 0.15) is 17.5 Å². The molecule has 1 aliphatic rings. The summed E-state index contributed by atoms with van der Waals surface area (Å²) in [6.45, 7) is 0. The first kappa shape index (κ1) is 21.0. The molecule has 1 saturated heterocycles. The maximum absolute atomic E-state index is 11.6. The van der Waals surface area contributed by atoms with E-state index in [2.05, 4.69) is 5.32 Å². The van der Waals surface area contributed by atoms with Gasteiger partial charge in [-0.2, -0.15) is 0 Å². The summed E-state index contributed by atoms with van der Waals surface area (Å²) in [7, 11) is 0. The third-order valence-electron chi connectivity index (χ3n) is 4.07. The summed E-state index contributed by atoms with van der Waals surface area (Å²) >= 11 is 0.808. The van der Waals surface area contributed by atoms with Crippen LogP contribution in [0.15, 0.2) is 47.4 Å². The molecule has 0 aromatic heterocycles. The monoisotopic (exact) mass is 429 g/mol. The zero-order valence-electron chi connectivity index (χ0n) is 15.2. The molecule has 1 heterocycles. The van der Waals surface area contributed by atoms with Crippen molar-refractivity contribution in [3.05, 3.63) is 68.6 Å². The van der Waals surface area contributed by atoms with Crippen LogP contribution in [-0.2, 0) is 16.0 Å². The number of hydrogen-bond acceptors (Lipinski definition) is 8. The lowest BCUT2D eigenvalue weighted by Crippen LogP contribution is -2.32. The normalized spacial score (nSPS) is 15.7. The zero-order chi connectivity index (χ0) is 21.8. The van der Waals surface area contributed by atoms with E-state index in [0.717, 1.165) is 11.8 Å². The number of aliphatic carboxylic acids is 1. The van der Waals surface area contributed by atoms with E-state index in [-0.39, 0.29) is 28.3 Å². The van der Waals surface area contributed by atoms with E-state index >= 15 is 0 Å². The smallest absolute Gasteiger partial charge is 0.320 e. The number of benzene rings is 2. The number of ether oxygens (including phenoxy) is 1. The second-order valence-corrected chi connectivity index (χ2v) is 7.23. The molecule has 0 radical (unpaired) electrons. The number of carboxylic acid groups (broad SMARTS) is 1. The van der Waals surface area contributed by atoms with Gasteiger partial charge in [0.25, 0.3) is 16.8 Å². The Balaban J connectivity index is 1.76. The lowest BCUT2D eigenvalue weighted by Gasteiger charge is -2.10. The number of rotatable bonds is 7. The Bertz CT molecular complexity index is 1070. The fraction of sp³-hybridized carbons (Fsp3) is 0.105. The van der Waals surface area contributed by atoms with Crippen LogP contribution in [0.25, 0.3) is 6.08 Å². The van der Waals surface area contributed by atoms with Gasteiger partial charge in [0, 0.05) is 12.0 Å². The maximum atomic E-state index is 11.6. The summed E-state index contributed by atoms with van der Waals surface area (Å²) in [5.74, 6) is -1.13. The van der Waals surface area contributed by atoms with Gasteiger partial charge in [0.15, 0.2) is 0 Å². The second kappa shape index (κ2) is 8.76. The Morgan fingerprint density at radius 3 is 2.47 bits per heavy atom. The molecular formula is C19H15N3O7S.